The summed E-state index contributed by atoms with van der Waals surface area (Å²) in [5.74, 6) is 1.86. The van der Waals surface area contributed by atoms with Crippen LogP contribution in [0.15, 0.2) is 0 Å². The van der Waals surface area contributed by atoms with Crippen molar-refractivity contribution in [2.75, 3.05) is 0 Å². The first-order valence-corrected chi connectivity index (χ1v) is 9.22. The number of nitrogens with one attached hydrogen (secondary N) is 1. The van der Waals surface area contributed by atoms with Gasteiger partial charge in [0.1, 0.15) is 0 Å². The van der Waals surface area contributed by atoms with Crippen LogP contribution in [-0.2, 0) is 4.79 Å². The van der Waals surface area contributed by atoms with E-state index in [0.717, 1.165) is 18.8 Å². The van der Waals surface area contributed by atoms with Crippen LogP contribution in [0, 0.1) is 11.8 Å². The van der Waals surface area contributed by atoms with Gasteiger partial charge < -0.3 is 11.1 Å². The lowest BCUT2D eigenvalue weighted by atomic mass is 9.82. The minimum atomic E-state index is 0.271. The van der Waals surface area contributed by atoms with E-state index in [1.165, 1.54) is 57.8 Å². The minimum Gasteiger partial charge on any atom is -0.353 e. The lowest BCUT2D eigenvalue weighted by molar-refractivity contribution is -0.122. The van der Waals surface area contributed by atoms with E-state index in [1.54, 1.807) is 0 Å². The largest absolute Gasteiger partial charge is 0.353 e. The summed E-state index contributed by atoms with van der Waals surface area (Å²) in [6, 6.07) is 0.819. The monoisotopic (exact) mass is 294 g/mol. The summed E-state index contributed by atoms with van der Waals surface area (Å²) in [4.78, 5) is 12.1. The SMILES string of the molecule is CCCC1CCC(NC(=O)CCC2CCCC(N)C2)CC1. The van der Waals surface area contributed by atoms with Crippen molar-refractivity contribution in [1.82, 2.24) is 5.32 Å². The molecule has 2 atom stereocenters. The highest BCUT2D eigenvalue weighted by molar-refractivity contribution is 5.76. The second-order valence-corrected chi connectivity index (χ2v) is 7.41. The molecule has 0 aliphatic heterocycles. The Morgan fingerprint density at radius 2 is 1.81 bits per heavy atom. The second-order valence-electron chi connectivity index (χ2n) is 7.41. The van der Waals surface area contributed by atoms with Gasteiger partial charge in [-0.1, -0.05) is 32.6 Å². The molecule has 0 radical (unpaired) electrons. The number of carbonyl (C=O) groups excluding carboxylic acids is 1. The first-order chi connectivity index (χ1) is 10.2. The Hall–Kier alpha value is -0.570. The lowest BCUT2D eigenvalue weighted by Gasteiger charge is -2.29. The summed E-state index contributed by atoms with van der Waals surface area (Å²) in [5.41, 5.74) is 6.02. The molecule has 0 bridgehead atoms. The summed E-state index contributed by atoms with van der Waals surface area (Å²) in [7, 11) is 0. The van der Waals surface area contributed by atoms with Crippen molar-refractivity contribution in [1.29, 1.82) is 0 Å². The van der Waals surface area contributed by atoms with Crippen LogP contribution in [0.25, 0.3) is 0 Å². The van der Waals surface area contributed by atoms with Crippen molar-refractivity contribution < 1.29 is 4.79 Å². The Labute approximate surface area is 130 Å². The summed E-state index contributed by atoms with van der Waals surface area (Å²) < 4.78 is 0. The molecule has 3 nitrogen and oxygen atoms in total. The fraction of sp³-hybridized carbons (Fsp3) is 0.944. The second kappa shape index (κ2) is 8.77. The van der Waals surface area contributed by atoms with Gasteiger partial charge in [0.25, 0.3) is 0 Å². The number of hydrogen-bond donors (Lipinski definition) is 2. The molecule has 2 rings (SSSR count). The van der Waals surface area contributed by atoms with E-state index in [1.807, 2.05) is 0 Å². The Bertz CT molecular complexity index is 310. The zero-order chi connectivity index (χ0) is 15.1. The fourth-order valence-electron chi connectivity index (χ4n) is 4.23. The molecule has 2 aliphatic rings. The lowest BCUT2D eigenvalue weighted by Crippen LogP contribution is -2.38. The summed E-state index contributed by atoms with van der Waals surface area (Å²) in [6.45, 7) is 2.27. The molecule has 0 spiro atoms. The number of amides is 1. The van der Waals surface area contributed by atoms with E-state index in [4.69, 9.17) is 5.73 Å². The molecule has 0 aromatic carbocycles. The van der Waals surface area contributed by atoms with Crippen molar-refractivity contribution in [3.8, 4) is 0 Å². The van der Waals surface area contributed by atoms with E-state index in [-0.39, 0.29) is 5.91 Å². The van der Waals surface area contributed by atoms with Gasteiger partial charge in [-0.25, -0.2) is 0 Å². The maximum Gasteiger partial charge on any atom is 0.220 e. The number of hydrogen-bond acceptors (Lipinski definition) is 2. The van der Waals surface area contributed by atoms with E-state index in [2.05, 4.69) is 12.2 Å². The molecule has 0 aromatic rings. The third kappa shape index (κ3) is 5.98. The molecule has 0 aromatic heterocycles. The number of nitrogens with two attached hydrogens (primary N) is 1. The standard InChI is InChI=1S/C18H34N2O/c1-2-4-14-7-10-17(11-8-14)20-18(21)12-9-15-5-3-6-16(19)13-15/h14-17H,2-13,19H2,1H3,(H,20,21). The van der Waals surface area contributed by atoms with E-state index in [0.29, 0.717) is 24.4 Å². The molecule has 3 N–H and O–H groups in total. The smallest absolute Gasteiger partial charge is 0.220 e. The van der Waals surface area contributed by atoms with Crippen LogP contribution >= 0.6 is 0 Å². The molecule has 0 heterocycles. The quantitative estimate of drug-likeness (QED) is 0.783. The van der Waals surface area contributed by atoms with E-state index in [9.17, 15) is 4.79 Å². The van der Waals surface area contributed by atoms with E-state index >= 15 is 0 Å². The first kappa shape index (κ1) is 16.8. The van der Waals surface area contributed by atoms with Crippen LogP contribution in [0.2, 0.25) is 0 Å². The van der Waals surface area contributed by atoms with Crippen molar-refractivity contribution in [3.05, 3.63) is 0 Å². The third-order valence-corrected chi connectivity index (χ3v) is 5.51. The summed E-state index contributed by atoms with van der Waals surface area (Å²) in [6.07, 6.45) is 14.2. The highest BCUT2D eigenvalue weighted by atomic mass is 16.1. The van der Waals surface area contributed by atoms with Crippen molar-refractivity contribution in [2.24, 2.45) is 17.6 Å². The first-order valence-electron chi connectivity index (χ1n) is 9.22. The molecule has 2 fully saturated rings. The van der Waals surface area contributed by atoms with Gasteiger partial charge in [-0.15, -0.1) is 0 Å². The highest BCUT2D eigenvalue weighted by Crippen LogP contribution is 2.29. The van der Waals surface area contributed by atoms with Gasteiger partial charge in [-0.3, -0.25) is 4.79 Å². The molecular weight excluding hydrogens is 260 g/mol. The number of carbonyl (C=O) groups is 1. The van der Waals surface area contributed by atoms with Gasteiger partial charge in [0, 0.05) is 18.5 Å². The fourth-order valence-corrected chi connectivity index (χ4v) is 4.23. The van der Waals surface area contributed by atoms with Gasteiger partial charge in [-0.05, 0) is 56.8 Å². The maximum atomic E-state index is 12.1. The van der Waals surface area contributed by atoms with Crippen molar-refractivity contribution >= 4 is 5.91 Å². The van der Waals surface area contributed by atoms with Gasteiger partial charge in [0.2, 0.25) is 5.91 Å². The predicted octanol–water partition coefficient (Wildman–Crippen LogP) is 3.76. The Balaban J connectivity index is 1.59. The van der Waals surface area contributed by atoms with Crippen LogP contribution in [0.1, 0.15) is 84.0 Å². The molecular formula is C18H34N2O. The minimum absolute atomic E-state index is 0.271. The molecule has 0 saturated heterocycles. The Morgan fingerprint density at radius 1 is 1.05 bits per heavy atom. The van der Waals surface area contributed by atoms with Crippen LogP contribution < -0.4 is 11.1 Å². The van der Waals surface area contributed by atoms with Gasteiger partial charge in [0.05, 0.1) is 0 Å². The Morgan fingerprint density at radius 3 is 2.48 bits per heavy atom. The Kier molecular flexibility index (Phi) is 7.01. The maximum absolute atomic E-state index is 12.1. The molecule has 2 aliphatic carbocycles. The molecule has 122 valence electrons. The predicted molar refractivity (Wildman–Crippen MR) is 88.0 cm³/mol. The van der Waals surface area contributed by atoms with Crippen LogP contribution in [0.3, 0.4) is 0 Å². The average molecular weight is 294 g/mol. The van der Waals surface area contributed by atoms with E-state index < -0.39 is 0 Å². The summed E-state index contributed by atoms with van der Waals surface area (Å²) >= 11 is 0. The highest BCUT2D eigenvalue weighted by Gasteiger charge is 2.23. The van der Waals surface area contributed by atoms with Gasteiger partial charge in [0.15, 0.2) is 0 Å². The van der Waals surface area contributed by atoms with Gasteiger partial charge in [-0.2, -0.15) is 0 Å². The van der Waals surface area contributed by atoms with Crippen LogP contribution in [0.4, 0.5) is 0 Å². The van der Waals surface area contributed by atoms with Crippen LogP contribution in [-0.4, -0.2) is 18.0 Å². The molecule has 1 amide bonds. The molecule has 3 heteroatoms. The molecule has 2 unspecified atom stereocenters. The third-order valence-electron chi connectivity index (χ3n) is 5.51. The van der Waals surface area contributed by atoms with Crippen LogP contribution in [0.5, 0.6) is 0 Å². The zero-order valence-electron chi connectivity index (χ0n) is 13.8. The summed E-state index contributed by atoms with van der Waals surface area (Å²) in [5, 5.41) is 3.26. The average Bonchev–Trinajstić information content (AvgIpc) is 2.48. The zero-order valence-corrected chi connectivity index (χ0v) is 13.8. The number of rotatable bonds is 6. The van der Waals surface area contributed by atoms with Crippen molar-refractivity contribution in [2.45, 2.75) is 96.1 Å². The van der Waals surface area contributed by atoms with Gasteiger partial charge >= 0.3 is 0 Å². The normalized spacial score (nSPS) is 33.6. The van der Waals surface area contributed by atoms with Crippen molar-refractivity contribution in [3.63, 3.8) is 0 Å². The molecule has 21 heavy (non-hydrogen) atoms. The molecule has 2 saturated carbocycles. The topological polar surface area (TPSA) is 55.1 Å².